The van der Waals surface area contributed by atoms with E-state index in [1.807, 2.05) is 18.2 Å². The van der Waals surface area contributed by atoms with Gasteiger partial charge in [-0.2, -0.15) is 5.10 Å². The standard InChI is InChI=1S/C30H28N4O6S/c1-39-27-12-8-11-25(19-27)34(41(37,38)28-13-6-3-7-14-28)21-29(35)33-31-20-23-15-17-26(18-16-23)40-22-30(36)32-24-9-4-2-5-10-24/h2-20H,21-22H2,1H3,(H,32,36)(H,33,35)/b31-20-. The van der Waals surface area contributed by atoms with Crippen LogP contribution in [0, 0.1) is 0 Å². The van der Waals surface area contributed by atoms with E-state index in [0.29, 0.717) is 22.7 Å². The van der Waals surface area contributed by atoms with Crippen LogP contribution in [0.3, 0.4) is 0 Å². The van der Waals surface area contributed by atoms with E-state index in [2.05, 4.69) is 15.8 Å². The van der Waals surface area contributed by atoms with Crippen LogP contribution in [0.4, 0.5) is 11.4 Å². The highest BCUT2D eigenvalue weighted by Crippen LogP contribution is 2.26. The number of methoxy groups -OCH3 is 1. The van der Waals surface area contributed by atoms with Gasteiger partial charge in [0.15, 0.2) is 6.61 Å². The van der Waals surface area contributed by atoms with Crippen LogP contribution in [0.5, 0.6) is 11.5 Å². The molecule has 0 saturated heterocycles. The molecule has 4 aromatic carbocycles. The summed E-state index contributed by atoms with van der Waals surface area (Å²) in [6.07, 6.45) is 1.41. The van der Waals surface area contributed by atoms with Crippen molar-refractivity contribution in [2.24, 2.45) is 5.10 Å². The summed E-state index contributed by atoms with van der Waals surface area (Å²) in [7, 11) is -2.59. The van der Waals surface area contributed by atoms with Crippen LogP contribution in [0.1, 0.15) is 5.56 Å². The van der Waals surface area contributed by atoms with E-state index in [1.165, 1.54) is 31.5 Å². The van der Waals surface area contributed by atoms with E-state index < -0.39 is 22.5 Å². The van der Waals surface area contributed by atoms with Crippen molar-refractivity contribution in [3.05, 3.63) is 115 Å². The van der Waals surface area contributed by atoms with Crippen molar-refractivity contribution in [3.63, 3.8) is 0 Å². The Kier molecular flexibility index (Phi) is 9.68. The Hall–Kier alpha value is -5.16. The van der Waals surface area contributed by atoms with Crippen LogP contribution in [0.2, 0.25) is 0 Å². The van der Waals surface area contributed by atoms with Gasteiger partial charge in [0, 0.05) is 11.8 Å². The van der Waals surface area contributed by atoms with Gasteiger partial charge in [0.2, 0.25) is 0 Å². The normalized spacial score (nSPS) is 11.0. The molecule has 0 atom stereocenters. The summed E-state index contributed by atoms with van der Waals surface area (Å²) in [4.78, 5) is 24.9. The zero-order chi connectivity index (χ0) is 29.1. The molecule has 0 unspecified atom stereocenters. The van der Waals surface area contributed by atoms with E-state index in [1.54, 1.807) is 72.8 Å². The van der Waals surface area contributed by atoms with Crippen LogP contribution in [-0.4, -0.2) is 46.7 Å². The van der Waals surface area contributed by atoms with Gasteiger partial charge in [0.25, 0.3) is 21.8 Å². The molecule has 10 nitrogen and oxygen atoms in total. The molecule has 2 amide bonds. The summed E-state index contributed by atoms with van der Waals surface area (Å²) in [6.45, 7) is -0.673. The Morgan fingerprint density at radius 1 is 0.829 bits per heavy atom. The molecule has 0 saturated carbocycles. The van der Waals surface area contributed by atoms with Gasteiger partial charge in [-0.1, -0.05) is 42.5 Å². The minimum atomic E-state index is -4.06. The number of sulfonamides is 1. The summed E-state index contributed by atoms with van der Waals surface area (Å²) < 4.78 is 38.6. The molecule has 0 fully saturated rings. The molecule has 0 spiro atoms. The summed E-state index contributed by atoms with van der Waals surface area (Å²) in [6, 6.07) is 30.1. The molecule has 4 rings (SSSR count). The number of carbonyl (C=O) groups excluding carboxylic acids is 2. The van der Waals surface area contributed by atoms with Crippen LogP contribution >= 0.6 is 0 Å². The third kappa shape index (κ3) is 8.16. The molecule has 41 heavy (non-hydrogen) atoms. The first-order valence-corrected chi connectivity index (χ1v) is 13.9. The zero-order valence-electron chi connectivity index (χ0n) is 22.1. The van der Waals surface area contributed by atoms with Gasteiger partial charge in [-0.25, -0.2) is 13.8 Å². The van der Waals surface area contributed by atoms with E-state index in [-0.39, 0.29) is 23.1 Å². The summed E-state index contributed by atoms with van der Waals surface area (Å²) in [5, 5.41) is 6.69. The van der Waals surface area contributed by atoms with Crippen molar-refractivity contribution in [1.29, 1.82) is 0 Å². The van der Waals surface area contributed by atoms with Gasteiger partial charge in [-0.3, -0.25) is 13.9 Å². The lowest BCUT2D eigenvalue weighted by Gasteiger charge is -2.24. The summed E-state index contributed by atoms with van der Waals surface area (Å²) in [5.74, 6) is -0.0114. The second-order valence-corrected chi connectivity index (χ2v) is 10.5. The first-order chi connectivity index (χ1) is 19.8. The number of amides is 2. The van der Waals surface area contributed by atoms with Gasteiger partial charge >= 0.3 is 0 Å². The number of rotatable bonds is 12. The third-order valence-electron chi connectivity index (χ3n) is 5.67. The number of nitrogens with one attached hydrogen (secondary N) is 2. The van der Waals surface area contributed by atoms with Crippen LogP contribution in [0.25, 0.3) is 0 Å². The molecule has 11 heteroatoms. The second kappa shape index (κ2) is 13.8. The highest BCUT2D eigenvalue weighted by molar-refractivity contribution is 7.92. The summed E-state index contributed by atoms with van der Waals surface area (Å²) in [5.41, 5.74) is 3.96. The Balaban J connectivity index is 1.36. The number of anilines is 2. The van der Waals surface area contributed by atoms with Crippen molar-refractivity contribution < 1.29 is 27.5 Å². The van der Waals surface area contributed by atoms with E-state index in [0.717, 1.165) is 4.31 Å². The maximum atomic E-state index is 13.4. The van der Waals surface area contributed by atoms with Crippen molar-refractivity contribution in [2.45, 2.75) is 4.90 Å². The first kappa shape index (κ1) is 28.8. The van der Waals surface area contributed by atoms with E-state index >= 15 is 0 Å². The highest BCUT2D eigenvalue weighted by Gasteiger charge is 2.27. The molecular weight excluding hydrogens is 544 g/mol. The average molecular weight is 573 g/mol. The molecule has 0 aliphatic rings. The Morgan fingerprint density at radius 2 is 1.51 bits per heavy atom. The molecule has 0 aliphatic heterocycles. The largest absolute Gasteiger partial charge is 0.497 e. The summed E-state index contributed by atoms with van der Waals surface area (Å²) >= 11 is 0. The van der Waals surface area contributed by atoms with Crippen molar-refractivity contribution in [3.8, 4) is 11.5 Å². The van der Waals surface area contributed by atoms with E-state index in [9.17, 15) is 18.0 Å². The number of ether oxygens (including phenoxy) is 2. The number of nitrogens with zero attached hydrogens (tertiary/aromatic N) is 2. The number of carbonyl (C=O) groups is 2. The topological polar surface area (TPSA) is 126 Å². The predicted molar refractivity (Wildman–Crippen MR) is 157 cm³/mol. The van der Waals surface area contributed by atoms with Crippen molar-refractivity contribution in [2.75, 3.05) is 29.9 Å². The quantitative estimate of drug-likeness (QED) is 0.195. The van der Waals surface area contributed by atoms with Gasteiger partial charge < -0.3 is 14.8 Å². The lowest BCUT2D eigenvalue weighted by atomic mass is 10.2. The number of benzene rings is 4. The third-order valence-corrected chi connectivity index (χ3v) is 7.46. The Labute approximate surface area is 238 Å². The van der Waals surface area contributed by atoms with Crippen molar-refractivity contribution in [1.82, 2.24) is 5.43 Å². The molecule has 210 valence electrons. The number of hydrazone groups is 1. The van der Waals surface area contributed by atoms with Crippen LogP contribution in [0.15, 0.2) is 119 Å². The van der Waals surface area contributed by atoms with Crippen LogP contribution < -0.4 is 24.5 Å². The maximum Gasteiger partial charge on any atom is 0.264 e. The lowest BCUT2D eigenvalue weighted by Crippen LogP contribution is -2.39. The lowest BCUT2D eigenvalue weighted by molar-refractivity contribution is -0.119. The molecule has 0 heterocycles. The first-order valence-electron chi connectivity index (χ1n) is 12.5. The number of hydrogen-bond donors (Lipinski definition) is 2. The minimum Gasteiger partial charge on any atom is -0.497 e. The maximum absolute atomic E-state index is 13.4. The predicted octanol–water partition coefficient (Wildman–Crippen LogP) is 4.06. The van der Waals surface area contributed by atoms with Gasteiger partial charge in [-0.15, -0.1) is 0 Å². The fraction of sp³-hybridized carbons (Fsp3) is 0.100. The Morgan fingerprint density at radius 3 is 2.20 bits per heavy atom. The van der Waals surface area contributed by atoms with Gasteiger partial charge in [0.1, 0.15) is 18.0 Å². The van der Waals surface area contributed by atoms with Crippen molar-refractivity contribution >= 4 is 39.4 Å². The molecule has 0 aliphatic carbocycles. The molecule has 4 aromatic rings. The number of hydrogen-bond acceptors (Lipinski definition) is 7. The van der Waals surface area contributed by atoms with Crippen LogP contribution in [-0.2, 0) is 19.6 Å². The average Bonchev–Trinajstić information content (AvgIpc) is 3.00. The molecular formula is C30H28N4O6S. The SMILES string of the molecule is COc1cccc(N(CC(=O)N/N=C\c2ccc(OCC(=O)Nc3ccccc3)cc2)S(=O)(=O)c2ccccc2)c1. The second-order valence-electron chi connectivity index (χ2n) is 8.59. The smallest absolute Gasteiger partial charge is 0.264 e. The molecule has 0 radical (unpaired) electrons. The fourth-order valence-electron chi connectivity index (χ4n) is 3.66. The Bertz CT molecular complexity index is 1600. The zero-order valence-corrected chi connectivity index (χ0v) is 23.0. The van der Waals surface area contributed by atoms with Gasteiger partial charge in [0.05, 0.1) is 23.9 Å². The molecule has 0 bridgehead atoms. The monoisotopic (exact) mass is 572 g/mol. The molecule has 0 aromatic heterocycles. The fourth-order valence-corrected chi connectivity index (χ4v) is 5.10. The molecule has 2 N–H and O–H groups in total. The van der Waals surface area contributed by atoms with E-state index in [4.69, 9.17) is 9.47 Å². The number of para-hydroxylation sites is 1. The minimum absolute atomic E-state index is 0.0407. The van der Waals surface area contributed by atoms with Gasteiger partial charge in [-0.05, 0) is 66.2 Å². The highest BCUT2D eigenvalue weighted by atomic mass is 32.2.